The predicted molar refractivity (Wildman–Crippen MR) is 74.3 cm³/mol. The molecule has 1 saturated carbocycles. The summed E-state index contributed by atoms with van der Waals surface area (Å²) in [6.45, 7) is 3.74. The molecule has 1 aromatic carbocycles. The van der Waals surface area contributed by atoms with E-state index in [1.165, 1.54) is 31.7 Å². The predicted octanol–water partition coefficient (Wildman–Crippen LogP) is 2.72. The third-order valence-electron chi connectivity index (χ3n) is 4.01. The summed E-state index contributed by atoms with van der Waals surface area (Å²) in [6.07, 6.45) is 5.17. The Morgan fingerprint density at radius 1 is 1.16 bits per heavy atom. The molecule has 0 heterocycles. The fourth-order valence-corrected chi connectivity index (χ4v) is 2.91. The maximum Gasteiger partial charge on any atom is 0.200 e. The standard InChI is InChI=1S/C15H23NO3/c1-10-3-2-4-11(7-10)8-16-9-12-5-6-13(17)15(19)14(12)18/h5-6,10-11,16-19H,2-4,7-9H2,1H3. The van der Waals surface area contributed by atoms with Crippen LogP contribution >= 0.6 is 0 Å². The van der Waals surface area contributed by atoms with Crippen LogP contribution in [-0.2, 0) is 6.54 Å². The van der Waals surface area contributed by atoms with Crippen LogP contribution in [0.4, 0.5) is 0 Å². The normalized spacial score (nSPS) is 23.4. The van der Waals surface area contributed by atoms with Crippen LogP contribution in [-0.4, -0.2) is 21.9 Å². The minimum Gasteiger partial charge on any atom is -0.504 e. The second-order valence-electron chi connectivity index (χ2n) is 5.71. The number of phenols is 3. The van der Waals surface area contributed by atoms with Gasteiger partial charge in [0.2, 0.25) is 5.75 Å². The number of nitrogens with one attached hydrogen (secondary N) is 1. The van der Waals surface area contributed by atoms with Crippen LogP contribution in [0.5, 0.6) is 17.2 Å². The average molecular weight is 265 g/mol. The molecule has 2 atom stereocenters. The molecular formula is C15H23NO3. The number of benzene rings is 1. The lowest BCUT2D eigenvalue weighted by molar-refractivity contribution is 0.273. The highest BCUT2D eigenvalue weighted by Gasteiger charge is 2.18. The molecule has 2 rings (SSSR count). The van der Waals surface area contributed by atoms with E-state index in [-0.39, 0.29) is 11.5 Å². The molecule has 1 fully saturated rings. The lowest BCUT2D eigenvalue weighted by Gasteiger charge is -2.26. The zero-order valence-corrected chi connectivity index (χ0v) is 11.4. The molecule has 1 aliphatic rings. The lowest BCUT2D eigenvalue weighted by Crippen LogP contribution is -2.26. The third-order valence-corrected chi connectivity index (χ3v) is 4.01. The van der Waals surface area contributed by atoms with Gasteiger partial charge in [0, 0.05) is 12.1 Å². The number of hydrogen-bond donors (Lipinski definition) is 4. The highest BCUT2D eigenvalue weighted by Crippen LogP contribution is 2.37. The molecule has 0 saturated heterocycles. The van der Waals surface area contributed by atoms with E-state index in [4.69, 9.17) is 0 Å². The van der Waals surface area contributed by atoms with Gasteiger partial charge in [0.1, 0.15) is 0 Å². The molecule has 4 nitrogen and oxygen atoms in total. The Bertz CT molecular complexity index is 434. The van der Waals surface area contributed by atoms with Crippen molar-refractivity contribution in [3.05, 3.63) is 17.7 Å². The molecule has 1 aliphatic carbocycles. The van der Waals surface area contributed by atoms with E-state index in [2.05, 4.69) is 12.2 Å². The van der Waals surface area contributed by atoms with Crippen LogP contribution in [0.2, 0.25) is 0 Å². The molecule has 1 aromatic rings. The Hall–Kier alpha value is -1.42. The maximum atomic E-state index is 9.71. The number of rotatable bonds is 4. The Balaban J connectivity index is 1.84. The second-order valence-corrected chi connectivity index (χ2v) is 5.71. The van der Waals surface area contributed by atoms with Crippen molar-refractivity contribution >= 4 is 0 Å². The van der Waals surface area contributed by atoms with Gasteiger partial charge in [-0.3, -0.25) is 0 Å². The lowest BCUT2D eigenvalue weighted by atomic mass is 9.82. The molecule has 0 amide bonds. The van der Waals surface area contributed by atoms with Crippen molar-refractivity contribution in [3.63, 3.8) is 0 Å². The summed E-state index contributed by atoms with van der Waals surface area (Å²) in [6, 6.07) is 3.02. The van der Waals surface area contributed by atoms with Crippen molar-refractivity contribution in [3.8, 4) is 17.2 Å². The molecule has 0 radical (unpaired) electrons. The van der Waals surface area contributed by atoms with Gasteiger partial charge in [-0.1, -0.05) is 25.8 Å². The van der Waals surface area contributed by atoms with Gasteiger partial charge < -0.3 is 20.6 Å². The maximum absolute atomic E-state index is 9.71. The SMILES string of the molecule is CC1CCCC(CNCc2ccc(O)c(O)c2O)C1. The third kappa shape index (κ3) is 3.53. The Morgan fingerprint density at radius 3 is 2.68 bits per heavy atom. The topological polar surface area (TPSA) is 72.7 Å². The highest BCUT2D eigenvalue weighted by atomic mass is 16.3. The van der Waals surface area contributed by atoms with Crippen molar-refractivity contribution < 1.29 is 15.3 Å². The van der Waals surface area contributed by atoms with Gasteiger partial charge >= 0.3 is 0 Å². The zero-order valence-electron chi connectivity index (χ0n) is 11.4. The van der Waals surface area contributed by atoms with Crippen molar-refractivity contribution in [2.75, 3.05) is 6.54 Å². The van der Waals surface area contributed by atoms with Crippen LogP contribution < -0.4 is 5.32 Å². The summed E-state index contributed by atoms with van der Waals surface area (Å²) in [5.41, 5.74) is 0.610. The van der Waals surface area contributed by atoms with Crippen LogP contribution in [0.15, 0.2) is 12.1 Å². The molecule has 19 heavy (non-hydrogen) atoms. The number of hydrogen-bond acceptors (Lipinski definition) is 4. The summed E-state index contributed by atoms with van der Waals surface area (Å²) in [5.74, 6) is 0.556. The molecule has 2 unspecified atom stereocenters. The average Bonchev–Trinajstić information content (AvgIpc) is 2.39. The summed E-state index contributed by atoms with van der Waals surface area (Å²) < 4.78 is 0. The zero-order chi connectivity index (χ0) is 13.8. The first-order valence-electron chi connectivity index (χ1n) is 7.01. The van der Waals surface area contributed by atoms with E-state index in [9.17, 15) is 15.3 Å². The highest BCUT2D eigenvalue weighted by molar-refractivity contribution is 5.52. The molecule has 106 valence electrons. The minimum absolute atomic E-state index is 0.232. The van der Waals surface area contributed by atoms with Gasteiger partial charge in [-0.25, -0.2) is 0 Å². The molecule has 0 aliphatic heterocycles. The van der Waals surface area contributed by atoms with Crippen LogP contribution in [0.3, 0.4) is 0 Å². The molecule has 4 heteroatoms. The van der Waals surface area contributed by atoms with E-state index < -0.39 is 5.75 Å². The molecule has 4 N–H and O–H groups in total. The summed E-state index contributed by atoms with van der Waals surface area (Å²) >= 11 is 0. The second kappa shape index (κ2) is 6.15. The van der Waals surface area contributed by atoms with Gasteiger partial charge in [0.25, 0.3) is 0 Å². The number of phenolic OH excluding ortho intramolecular Hbond substituents is 3. The van der Waals surface area contributed by atoms with E-state index in [0.717, 1.165) is 12.5 Å². The largest absolute Gasteiger partial charge is 0.504 e. The van der Waals surface area contributed by atoms with Gasteiger partial charge in [-0.15, -0.1) is 0 Å². The quantitative estimate of drug-likeness (QED) is 0.632. The Kier molecular flexibility index (Phi) is 4.53. The van der Waals surface area contributed by atoms with E-state index in [1.54, 1.807) is 6.07 Å². The van der Waals surface area contributed by atoms with Crippen molar-refractivity contribution in [2.24, 2.45) is 11.8 Å². The van der Waals surface area contributed by atoms with Crippen molar-refractivity contribution in [2.45, 2.75) is 39.2 Å². The van der Waals surface area contributed by atoms with Gasteiger partial charge in [0.05, 0.1) is 0 Å². The van der Waals surface area contributed by atoms with Crippen LogP contribution in [0, 0.1) is 11.8 Å². The Labute approximate surface area is 114 Å². The summed E-state index contributed by atoms with van der Waals surface area (Å²) in [7, 11) is 0. The van der Waals surface area contributed by atoms with E-state index in [0.29, 0.717) is 18.0 Å². The molecule has 0 aromatic heterocycles. The molecule has 0 bridgehead atoms. The monoisotopic (exact) mass is 265 g/mol. The summed E-state index contributed by atoms with van der Waals surface area (Å²) in [4.78, 5) is 0. The van der Waals surface area contributed by atoms with Crippen molar-refractivity contribution in [1.82, 2.24) is 5.32 Å². The first kappa shape index (κ1) is 14.0. The van der Waals surface area contributed by atoms with Gasteiger partial charge in [-0.05, 0) is 37.3 Å². The molecule has 0 spiro atoms. The van der Waals surface area contributed by atoms with Crippen LogP contribution in [0.1, 0.15) is 38.2 Å². The smallest absolute Gasteiger partial charge is 0.200 e. The number of aromatic hydroxyl groups is 3. The van der Waals surface area contributed by atoms with Gasteiger partial charge in [0.15, 0.2) is 11.5 Å². The Morgan fingerprint density at radius 2 is 1.95 bits per heavy atom. The fourth-order valence-electron chi connectivity index (χ4n) is 2.91. The minimum atomic E-state index is -0.439. The molecular weight excluding hydrogens is 242 g/mol. The first-order chi connectivity index (χ1) is 9.08. The first-order valence-corrected chi connectivity index (χ1v) is 7.01. The van der Waals surface area contributed by atoms with Gasteiger partial charge in [-0.2, -0.15) is 0 Å². The van der Waals surface area contributed by atoms with Crippen LogP contribution in [0.25, 0.3) is 0 Å². The van der Waals surface area contributed by atoms with E-state index >= 15 is 0 Å². The fraction of sp³-hybridized carbons (Fsp3) is 0.600. The van der Waals surface area contributed by atoms with E-state index in [1.807, 2.05) is 0 Å². The summed E-state index contributed by atoms with van der Waals surface area (Å²) in [5, 5.41) is 31.7. The van der Waals surface area contributed by atoms with Crippen molar-refractivity contribution in [1.29, 1.82) is 0 Å².